The third kappa shape index (κ3) is 3.42. The number of Topliss-reactive ketones (excluding diaryl/α,β-unsaturated/α-hetero) is 2. The fraction of sp³-hybridized carbons (Fsp3) is 0.286. The van der Waals surface area contributed by atoms with Crippen molar-refractivity contribution in [2.75, 3.05) is 40.1 Å². The van der Waals surface area contributed by atoms with Gasteiger partial charge in [0.2, 0.25) is 6.79 Å². The summed E-state index contributed by atoms with van der Waals surface area (Å²) in [5.74, 6) is 1.95. The molecular formula is C28H26N2O5. The maximum absolute atomic E-state index is 13.9. The zero-order valence-electron chi connectivity index (χ0n) is 19.5. The second-order valence-corrected chi connectivity index (χ2v) is 9.09. The van der Waals surface area contributed by atoms with Crippen molar-refractivity contribution in [1.29, 1.82) is 0 Å². The number of methoxy groups -OCH3 is 1. The normalized spacial score (nSPS) is 19.1. The van der Waals surface area contributed by atoms with E-state index in [-0.39, 0.29) is 18.4 Å². The van der Waals surface area contributed by atoms with Crippen molar-refractivity contribution in [3.8, 4) is 17.2 Å². The lowest BCUT2D eigenvalue weighted by Gasteiger charge is -2.44. The summed E-state index contributed by atoms with van der Waals surface area (Å²) < 4.78 is 16.2. The Morgan fingerprint density at radius 3 is 2.14 bits per heavy atom. The molecule has 0 unspecified atom stereocenters. The highest BCUT2D eigenvalue weighted by molar-refractivity contribution is 6.32. The van der Waals surface area contributed by atoms with Gasteiger partial charge >= 0.3 is 0 Å². The number of carbonyl (C=O) groups excluding carboxylic acids is 2. The number of ether oxygens (including phenoxy) is 3. The molecule has 1 saturated heterocycles. The molecule has 0 bridgehead atoms. The van der Waals surface area contributed by atoms with Gasteiger partial charge in [0.15, 0.2) is 28.6 Å². The summed E-state index contributed by atoms with van der Waals surface area (Å²) in [7, 11) is 1.60. The van der Waals surface area contributed by atoms with E-state index < -0.39 is 5.54 Å². The van der Waals surface area contributed by atoms with Crippen molar-refractivity contribution in [1.82, 2.24) is 9.80 Å². The monoisotopic (exact) mass is 470 g/mol. The minimum absolute atomic E-state index is 0.146. The van der Waals surface area contributed by atoms with Gasteiger partial charge in [-0.05, 0) is 35.4 Å². The molecule has 0 amide bonds. The Hall–Kier alpha value is -3.68. The largest absolute Gasteiger partial charge is 0.497 e. The van der Waals surface area contributed by atoms with Crippen LogP contribution >= 0.6 is 0 Å². The van der Waals surface area contributed by atoms with E-state index in [1.165, 1.54) is 0 Å². The second kappa shape index (κ2) is 8.52. The Morgan fingerprint density at radius 1 is 0.829 bits per heavy atom. The van der Waals surface area contributed by atoms with E-state index in [9.17, 15) is 9.59 Å². The Morgan fingerprint density at radius 2 is 1.49 bits per heavy atom. The number of benzene rings is 3. The van der Waals surface area contributed by atoms with Crippen LogP contribution in [0.15, 0.2) is 66.7 Å². The molecule has 7 heteroatoms. The van der Waals surface area contributed by atoms with Crippen LogP contribution in [0.2, 0.25) is 0 Å². The average molecular weight is 471 g/mol. The van der Waals surface area contributed by atoms with E-state index in [1.807, 2.05) is 48.5 Å². The molecule has 2 aliphatic heterocycles. The lowest BCUT2D eigenvalue weighted by molar-refractivity contribution is 0.0279. The maximum atomic E-state index is 13.9. The predicted molar refractivity (Wildman–Crippen MR) is 129 cm³/mol. The molecular weight excluding hydrogens is 444 g/mol. The quantitative estimate of drug-likeness (QED) is 0.529. The van der Waals surface area contributed by atoms with Crippen LogP contribution in [0.1, 0.15) is 31.8 Å². The zero-order valence-corrected chi connectivity index (χ0v) is 19.5. The Labute approximate surface area is 203 Å². The predicted octanol–water partition coefficient (Wildman–Crippen LogP) is 3.52. The van der Waals surface area contributed by atoms with Crippen LogP contribution in [-0.4, -0.2) is 61.4 Å². The first-order valence-corrected chi connectivity index (χ1v) is 11.8. The molecule has 178 valence electrons. The fourth-order valence-corrected chi connectivity index (χ4v) is 5.48. The highest BCUT2D eigenvalue weighted by Crippen LogP contribution is 2.43. The van der Waals surface area contributed by atoms with Gasteiger partial charge in [-0.1, -0.05) is 42.5 Å². The number of nitrogens with zero attached hydrogens (tertiary/aromatic N) is 2. The highest BCUT2D eigenvalue weighted by Gasteiger charge is 2.58. The number of hydrogen-bond donors (Lipinski definition) is 0. The molecule has 1 fully saturated rings. The van der Waals surface area contributed by atoms with E-state index in [4.69, 9.17) is 14.2 Å². The minimum atomic E-state index is -1.35. The first-order valence-electron chi connectivity index (χ1n) is 11.8. The number of ketones is 2. The summed E-state index contributed by atoms with van der Waals surface area (Å²) >= 11 is 0. The molecule has 0 saturated carbocycles. The van der Waals surface area contributed by atoms with Gasteiger partial charge in [0, 0.05) is 43.9 Å². The van der Waals surface area contributed by atoms with Crippen molar-refractivity contribution < 1.29 is 23.8 Å². The van der Waals surface area contributed by atoms with Gasteiger partial charge in [0.05, 0.1) is 7.11 Å². The van der Waals surface area contributed by atoms with E-state index in [0.29, 0.717) is 35.5 Å². The standard InChI is InChI=1S/C28H26N2O5/c1-33-21-9-7-20(8-10-21)28(26(31)22-4-2-3-5-23(22)27(28)32)30-14-12-29(13-15-30)17-19-6-11-24-25(16-19)35-18-34-24/h2-11,16H,12-15,17-18H2,1H3. The molecule has 0 N–H and O–H groups in total. The van der Waals surface area contributed by atoms with Gasteiger partial charge in [0.1, 0.15) is 5.75 Å². The number of carbonyl (C=O) groups is 2. The summed E-state index contributed by atoms with van der Waals surface area (Å²) in [6, 6.07) is 20.5. The van der Waals surface area contributed by atoms with Crippen molar-refractivity contribution in [3.63, 3.8) is 0 Å². The topological polar surface area (TPSA) is 68.3 Å². The molecule has 7 nitrogen and oxygen atoms in total. The van der Waals surface area contributed by atoms with Crippen LogP contribution in [0.3, 0.4) is 0 Å². The molecule has 0 atom stereocenters. The molecule has 3 aromatic carbocycles. The summed E-state index contributed by atoms with van der Waals surface area (Å²) in [5.41, 5.74) is 1.48. The van der Waals surface area contributed by atoms with Crippen LogP contribution < -0.4 is 14.2 Å². The molecule has 0 radical (unpaired) electrons. The van der Waals surface area contributed by atoms with Crippen LogP contribution in [0.4, 0.5) is 0 Å². The van der Waals surface area contributed by atoms with Crippen LogP contribution in [0.5, 0.6) is 17.2 Å². The number of hydrogen-bond acceptors (Lipinski definition) is 7. The SMILES string of the molecule is COc1ccc(C2(N3CCN(Cc4ccc5c(c4)OCO5)CC3)C(=O)c3ccccc3C2=O)cc1. The second-order valence-electron chi connectivity index (χ2n) is 9.09. The molecule has 1 aliphatic carbocycles. The van der Waals surface area contributed by atoms with Crippen molar-refractivity contribution >= 4 is 11.6 Å². The van der Waals surface area contributed by atoms with Crippen molar-refractivity contribution in [2.45, 2.75) is 12.1 Å². The van der Waals surface area contributed by atoms with E-state index in [1.54, 1.807) is 19.2 Å². The average Bonchev–Trinajstić information content (AvgIpc) is 3.46. The van der Waals surface area contributed by atoms with Gasteiger partial charge < -0.3 is 14.2 Å². The smallest absolute Gasteiger partial charge is 0.231 e. The molecule has 3 aliphatic rings. The lowest BCUT2D eigenvalue weighted by atomic mass is 9.82. The van der Waals surface area contributed by atoms with Crippen molar-refractivity contribution in [2.24, 2.45) is 0 Å². The number of rotatable bonds is 5. The maximum Gasteiger partial charge on any atom is 0.231 e. The minimum Gasteiger partial charge on any atom is -0.497 e. The molecule has 0 aromatic heterocycles. The lowest BCUT2D eigenvalue weighted by Crippen LogP contribution is -2.60. The van der Waals surface area contributed by atoms with Crippen molar-refractivity contribution in [3.05, 3.63) is 89.0 Å². The summed E-state index contributed by atoms with van der Waals surface area (Å²) in [4.78, 5) is 32.3. The van der Waals surface area contributed by atoms with Gasteiger partial charge in [0.25, 0.3) is 0 Å². The Kier molecular flexibility index (Phi) is 5.31. The van der Waals surface area contributed by atoms with E-state index >= 15 is 0 Å². The summed E-state index contributed by atoms with van der Waals surface area (Å²) in [6.45, 7) is 3.70. The van der Waals surface area contributed by atoms with Gasteiger partial charge in [-0.25, -0.2) is 0 Å². The third-order valence-corrected chi connectivity index (χ3v) is 7.27. The van der Waals surface area contributed by atoms with Gasteiger partial charge in [-0.2, -0.15) is 0 Å². The first-order chi connectivity index (χ1) is 17.1. The highest BCUT2D eigenvalue weighted by atomic mass is 16.7. The van der Waals surface area contributed by atoms with Crippen LogP contribution in [0, 0.1) is 0 Å². The van der Waals surface area contributed by atoms with E-state index in [0.717, 1.165) is 36.7 Å². The molecule has 0 spiro atoms. The summed E-state index contributed by atoms with van der Waals surface area (Å²) in [6.07, 6.45) is 0. The third-order valence-electron chi connectivity index (χ3n) is 7.27. The van der Waals surface area contributed by atoms with Gasteiger partial charge in [-0.15, -0.1) is 0 Å². The number of piperazine rings is 1. The fourth-order valence-electron chi connectivity index (χ4n) is 5.48. The molecule has 2 heterocycles. The first kappa shape index (κ1) is 21.8. The summed E-state index contributed by atoms with van der Waals surface area (Å²) in [5, 5.41) is 0. The molecule has 6 rings (SSSR count). The molecule has 35 heavy (non-hydrogen) atoms. The molecule has 3 aromatic rings. The number of fused-ring (bicyclic) bond motifs is 2. The van der Waals surface area contributed by atoms with Crippen LogP contribution in [-0.2, 0) is 12.1 Å². The Bertz CT molecular complexity index is 1260. The van der Waals surface area contributed by atoms with Crippen LogP contribution in [0.25, 0.3) is 0 Å². The Balaban J connectivity index is 1.28. The zero-order chi connectivity index (χ0) is 24.0. The van der Waals surface area contributed by atoms with Gasteiger partial charge in [-0.3, -0.25) is 19.4 Å². The van der Waals surface area contributed by atoms with E-state index in [2.05, 4.69) is 15.9 Å².